The predicted molar refractivity (Wildman–Crippen MR) is 83.5 cm³/mol. The molecule has 0 aliphatic carbocycles. The molecule has 1 fully saturated rings. The third-order valence-electron chi connectivity index (χ3n) is 3.45. The molecule has 3 heterocycles. The lowest BCUT2D eigenvalue weighted by Gasteiger charge is -2.11. The number of halogens is 4. The van der Waals surface area contributed by atoms with Gasteiger partial charge in [-0.15, -0.1) is 10.2 Å². The van der Waals surface area contributed by atoms with E-state index in [1.54, 1.807) is 0 Å². The van der Waals surface area contributed by atoms with Crippen LogP contribution in [0, 0.1) is 0 Å². The number of carbonyl (C=O) groups excluding carboxylic acids is 2. The van der Waals surface area contributed by atoms with E-state index in [2.05, 4.69) is 15.5 Å². The van der Waals surface area contributed by atoms with Gasteiger partial charge in [0.25, 0.3) is 0 Å². The Morgan fingerprint density at radius 2 is 2.08 bits per heavy atom. The molecule has 0 bridgehead atoms. The van der Waals surface area contributed by atoms with Gasteiger partial charge in [-0.3, -0.25) is 14.1 Å². The molecular weight excluding hydrogens is 383 g/mol. The van der Waals surface area contributed by atoms with Crippen molar-refractivity contribution in [3.8, 4) is 0 Å². The number of hydrogen-bond acceptors (Lipinski definition) is 5. The summed E-state index contributed by atoms with van der Waals surface area (Å²) in [7, 11) is 0. The topological polar surface area (TPSA) is 79.6 Å². The first-order chi connectivity index (χ1) is 11.8. The van der Waals surface area contributed by atoms with E-state index in [4.69, 9.17) is 11.6 Å². The van der Waals surface area contributed by atoms with Gasteiger partial charge in [-0.05, 0) is 12.5 Å². The lowest BCUT2D eigenvalue weighted by atomic mass is 10.3. The third kappa shape index (κ3) is 3.66. The highest BCUT2D eigenvalue weighted by Gasteiger charge is 2.32. The number of thioether (sulfide) groups is 1. The number of pyridine rings is 1. The van der Waals surface area contributed by atoms with Gasteiger partial charge in [-0.1, -0.05) is 23.4 Å². The molecule has 134 valence electrons. The Hall–Kier alpha value is -2.01. The van der Waals surface area contributed by atoms with Crippen molar-refractivity contribution in [2.45, 2.75) is 17.8 Å². The van der Waals surface area contributed by atoms with Crippen molar-refractivity contribution >= 4 is 40.9 Å². The molecule has 2 aromatic rings. The number of imide groups is 1. The summed E-state index contributed by atoms with van der Waals surface area (Å²) >= 11 is 7.00. The van der Waals surface area contributed by atoms with Crippen LogP contribution in [-0.4, -0.2) is 50.3 Å². The van der Waals surface area contributed by atoms with Gasteiger partial charge in [0.05, 0.1) is 17.1 Å². The summed E-state index contributed by atoms with van der Waals surface area (Å²) < 4.78 is 39.9. The molecule has 0 unspecified atom stereocenters. The Labute approximate surface area is 148 Å². The van der Waals surface area contributed by atoms with Gasteiger partial charge in [0.1, 0.15) is 0 Å². The second-order valence-electron chi connectivity index (χ2n) is 5.16. The van der Waals surface area contributed by atoms with Gasteiger partial charge in [0.15, 0.2) is 10.8 Å². The van der Waals surface area contributed by atoms with Crippen molar-refractivity contribution in [2.24, 2.45) is 0 Å². The average molecular weight is 394 g/mol. The summed E-state index contributed by atoms with van der Waals surface area (Å²) in [5.74, 6) is 0.135. The fourth-order valence-corrected chi connectivity index (χ4v) is 3.33. The van der Waals surface area contributed by atoms with Crippen molar-refractivity contribution in [3.63, 3.8) is 0 Å². The smallest absolute Gasteiger partial charge is 0.329 e. The van der Waals surface area contributed by atoms with Crippen LogP contribution in [0.5, 0.6) is 0 Å². The molecule has 0 spiro atoms. The molecule has 12 heteroatoms. The molecule has 1 saturated heterocycles. The van der Waals surface area contributed by atoms with E-state index in [-0.39, 0.29) is 34.8 Å². The monoisotopic (exact) mass is 393 g/mol. The molecule has 0 atom stereocenters. The molecule has 1 aliphatic rings. The van der Waals surface area contributed by atoms with Crippen molar-refractivity contribution in [1.29, 1.82) is 0 Å². The standard InChI is InChI=1S/C13H11ClF3N5O2S/c14-8-4-7(13(15,16)17)6-22-10(8)19-20-12(22)25-3-1-2-21-9(23)5-18-11(21)24/h4,6H,1-3,5H2,(H,18,24). The van der Waals surface area contributed by atoms with Crippen LogP contribution in [-0.2, 0) is 11.0 Å². The van der Waals surface area contributed by atoms with Crippen LogP contribution < -0.4 is 5.32 Å². The highest BCUT2D eigenvalue weighted by atomic mass is 35.5. The highest BCUT2D eigenvalue weighted by molar-refractivity contribution is 7.99. The Balaban J connectivity index is 1.68. The number of nitrogens with one attached hydrogen (secondary N) is 1. The second kappa shape index (κ2) is 6.71. The lowest BCUT2D eigenvalue weighted by molar-refractivity contribution is -0.137. The van der Waals surface area contributed by atoms with Crippen molar-refractivity contribution in [1.82, 2.24) is 24.8 Å². The van der Waals surface area contributed by atoms with E-state index < -0.39 is 17.8 Å². The van der Waals surface area contributed by atoms with E-state index in [0.29, 0.717) is 12.2 Å². The van der Waals surface area contributed by atoms with E-state index in [1.807, 2.05) is 0 Å². The number of alkyl halides is 3. The predicted octanol–water partition coefficient (Wildman–Crippen LogP) is 2.44. The van der Waals surface area contributed by atoms with Crippen LogP contribution in [0.1, 0.15) is 12.0 Å². The number of aromatic nitrogens is 3. The van der Waals surface area contributed by atoms with Crippen molar-refractivity contribution < 1.29 is 22.8 Å². The molecule has 3 rings (SSSR count). The fourth-order valence-electron chi connectivity index (χ4n) is 2.25. The van der Waals surface area contributed by atoms with Gasteiger partial charge in [-0.25, -0.2) is 4.79 Å². The van der Waals surface area contributed by atoms with E-state index >= 15 is 0 Å². The molecule has 3 amide bonds. The molecule has 25 heavy (non-hydrogen) atoms. The molecule has 1 aliphatic heterocycles. The number of carbonyl (C=O) groups is 2. The number of nitrogens with zero attached hydrogens (tertiary/aromatic N) is 4. The first-order valence-corrected chi connectivity index (χ1v) is 8.46. The number of rotatable bonds is 5. The van der Waals surface area contributed by atoms with Crippen LogP contribution in [0.3, 0.4) is 0 Å². The number of hydrogen-bond donors (Lipinski definition) is 1. The summed E-state index contributed by atoms with van der Waals surface area (Å²) in [5.41, 5.74) is -0.766. The summed E-state index contributed by atoms with van der Waals surface area (Å²) in [6.07, 6.45) is -3.18. The van der Waals surface area contributed by atoms with Crippen LogP contribution >= 0.6 is 23.4 Å². The van der Waals surface area contributed by atoms with E-state index in [9.17, 15) is 22.8 Å². The number of urea groups is 1. The van der Waals surface area contributed by atoms with E-state index in [1.165, 1.54) is 4.40 Å². The van der Waals surface area contributed by atoms with Crippen molar-refractivity contribution in [2.75, 3.05) is 18.8 Å². The number of amides is 3. The zero-order valence-corrected chi connectivity index (χ0v) is 14.1. The molecule has 0 radical (unpaired) electrons. The van der Waals surface area contributed by atoms with Crippen LogP contribution in [0.25, 0.3) is 5.65 Å². The Morgan fingerprint density at radius 3 is 2.72 bits per heavy atom. The number of fused-ring (bicyclic) bond motifs is 1. The van der Waals surface area contributed by atoms with Gasteiger partial charge in [0.2, 0.25) is 5.91 Å². The Kier molecular flexibility index (Phi) is 4.78. The molecule has 0 saturated carbocycles. The van der Waals surface area contributed by atoms with E-state index in [0.717, 1.165) is 28.9 Å². The van der Waals surface area contributed by atoms with Gasteiger partial charge >= 0.3 is 12.2 Å². The minimum atomic E-state index is -4.53. The van der Waals surface area contributed by atoms with Crippen LogP contribution in [0.15, 0.2) is 17.4 Å². The normalized spacial score (nSPS) is 15.3. The first kappa shape index (κ1) is 17.8. The molecular formula is C13H11ClF3N5O2S. The molecule has 1 N–H and O–H groups in total. The highest BCUT2D eigenvalue weighted by Crippen LogP contribution is 2.33. The Morgan fingerprint density at radius 1 is 1.32 bits per heavy atom. The maximum absolute atomic E-state index is 12.9. The zero-order chi connectivity index (χ0) is 18.2. The van der Waals surface area contributed by atoms with Gasteiger partial charge in [-0.2, -0.15) is 13.2 Å². The molecule has 0 aromatic carbocycles. The van der Waals surface area contributed by atoms with Crippen LogP contribution in [0.2, 0.25) is 5.02 Å². The lowest BCUT2D eigenvalue weighted by Crippen LogP contribution is -2.32. The quantitative estimate of drug-likeness (QED) is 0.479. The average Bonchev–Trinajstić information content (AvgIpc) is 3.08. The second-order valence-corrected chi connectivity index (χ2v) is 6.63. The van der Waals surface area contributed by atoms with Gasteiger partial charge < -0.3 is 5.32 Å². The zero-order valence-electron chi connectivity index (χ0n) is 12.5. The SMILES string of the molecule is O=C1CNC(=O)N1CCCSc1nnc2c(Cl)cc(C(F)(F)F)cn12. The summed E-state index contributed by atoms with van der Waals surface area (Å²) in [6, 6.07) is 0.363. The fraction of sp³-hybridized carbons (Fsp3) is 0.385. The first-order valence-electron chi connectivity index (χ1n) is 7.10. The summed E-state index contributed by atoms with van der Waals surface area (Å²) in [5, 5.41) is 10.1. The molecule has 2 aromatic heterocycles. The minimum absolute atomic E-state index is 0.0144. The minimum Gasteiger partial charge on any atom is -0.329 e. The molecule has 7 nitrogen and oxygen atoms in total. The third-order valence-corrected chi connectivity index (χ3v) is 4.76. The Bertz CT molecular complexity index is 825. The summed E-state index contributed by atoms with van der Waals surface area (Å²) in [4.78, 5) is 23.9. The maximum Gasteiger partial charge on any atom is 0.417 e. The largest absolute Gasteiger partial charge is 0.417 e. The van der Waals surface area contributed by atoms with Gasteiger partial charge in [0, 0.05) is 18.5 Å². The van der Waals surface area contributed by atoms with Crippen LogP contribution in [0.4, 0.5) is 18.0 Å². The van der Waals surface area contributed by atoms with Crippen molar-refractivity contribution in [3.05, 3.63) is 22.8 Å². The maximum atomic E-state index is 12.9. The summed E-state index contributed by atoms with van der Waals surface area (Å²) in [6.45, 7) is 0.211.